The minimum Gasteiger partial charge on any atom is -0.478 e. The molecular weight excluding hydrogens is 275 g/mol. The average Bonchev–Trinajstić information content (AvgIpc) is 3.22. The molecule has 5 nitrogen and oxygen atoms in total. The lowest BCUT2D eigenvalue weighted by Gasteiger charge is -2.21. The molecule has 0 spiro atoms. The van der Waals surface area contributed by atoms with Crippen molar-refractivity contribution in [2.75, 3.05) is 18.4 Å². The molecule has 2 N–H and O–H groups in total. The van der Waals surface area contributed by atoms with Crippen LogP contribution < -0.4 is 5.32 Å². The zero-order valence-corrected chi connectivity index (χ0v) is 11.3. The third-order valence-corrected chi connectivity index (χ3v) is 3.20. The number of nitrogens with one attached hydrogen (secondary N) is 1. The Labute approximate surface area is 121 Å². The number of urea groups is 1. The molecule has 1 aliphatic carbocycles. The summed E-state index contributed by atoms with van der Waals surface area (Å²) in [5.41, 5.74) is -0.248. The highest BCUT2D eigenvalue weighted by molar-refractivity contribution is 6.00. The summed E-state index contributed by atoms with van der Waals surface area (Å²) in [6.07, 6.45) is 7.33. The molecule has 0 aromatic heterocycles. The predicted molar refractivity (Wildman–Crippen MR) is 75.5 cm³/mol. The van der Waals surface area contributed by atoms with Gasteiger partial charge in [0, 0.05) is 6.54 Å². The molecule has 1 aromatic rings. The van der Waals surface area contributed by atoms with E-state index in [4.69, 9.17) is 11.5 Å². The van der Waals surface area contributed by atoms with Crippen LogP contribution in [-0.2, 0) is 0 Å². The van der Waals surface area contributed by atoms with Crippen molar-refractivity contribution >= 4 is 17.7 Å². The number of rotatable bonds is 5. The summed E-state index contributed by atoms with van der Waals surface area (Å²) in [6.45, 7) is 0.647. The van der Waals surface area contributed by atoms with Gasteiger partial charge >= 0.3 is 12.0 Å². The topological polar surface area (TPSA) is 69.6 Å². The van der Waals surface area contributed by atoms with Gasteiger partial charge in [0.05, 0.1) is 17.8 Å². The highest BCUT2D eigenvalue weighted by Crippen LogP contribution is 2.30. The van der Waals surface area contributed by atoms with Crippen molar-refractivity contribution in [1.82, 2.24) is 4.90 Å². The molecule has 0 unspecified atom stereocenters. The van der Waals surface area contributed by atoms with Crippen LogP contribution in [0.25, 0.3) is 0 Å². The third kappa shape index (κ3) is 3.96. The second-order valence-corrected chi connectivity index (χ2v) is 4.95. The van der Waals surface area contributed by atoms with Crippen LogP contribution in [0.4, 0.5) is 14.9 Å². The number of anilines is 1. The number of carboxylic acids is 1. The van der Waals surface area contributed by atoms with Crippen molar-refractivity contribution in [3.63, 3.8) is 0 Å². The lowest BCUT2D eigenvalue weighted by atomic mass is 10.1. The first-order chi connectivity index (χ1) is 10.0. The number of aromatic carboxylic acids is 1. The number of nitrogens with zero attached hydrogens (tertiary/aromatic N) is 1. The number of carbonyl (C=O) groups excluding carboxylic acids is 1. The summed E-state index contributed by atoms with van der Waals surface area (Å²) in [5.74, 6) is 0.968. The summed E-state index contributed by atoms with van der Waals surface area (Å²) in [7, 11) is 0. The molecule has 1 saturated carbocycles. The van der Waals surface area contributed by atoms with Gasteiger partial charge in [-0.2, -0.15) is 0 Å². The second-order valence-electron chi connectivity index (χ2n) is 4.95. The van der Waals surface area contributed by atoms with Gasteiger partial charge in [-0.05, 0) is 37.0 Å². The Bertz CT molecular complexity index is 605. The van der Waals surface area contributed by atoms with E-state index in [0.29, 0.717) is 12.5 Å². The van der Waals surface area contributed by atoms with Crippen LogP contribution in [0.2, 0.25) is 0 Å². The van der Waals surface area contributed by atoms with E-state index in [1.165, 1.54) is 4.90 Å². The van der Waals surface area contributed by atoms with E-state index < -0.39 is 17.8 Å². The number of terminal acetylenes is 1. The summed E-state index contributed by atoms with van der Waals surface area (Å²) in [4.78, 5) is 24.7. The second kappa shape index (κ2) is 6.27. The van der Waals surface area contributed by atoms with Crippen molar-refractivity contribution in [3.05, 3.63) is 29.6 Å². The normalized spacial score (nSPS) is 13.3. The average molecular weight is 290 g/mol. The van der Waals surface area contributed by atoms with Crippen LogP contribution in [0.5, 0.6) is 0 Å². The molecule has 0 saturated heterocycles. The predicted octanol–water partition coefficient (Wildman–Crippen LogP) is 2.40. The van der Waals surface area contributed by atoms with Crippen LogP contribution in [0, 0.1) is 24.1 Å². The standard InChI is InChI=1S/C15H15FN2O3/c1-2-7-18(9-10-3-4-10)15(21)17-13-8-11(16)5-6-12(13)14(19)20/h1,5-6,8,10H,3-4,7,9H2,(H,17,21)(H,19,20). The summed E-state index contributed by atoms with van der Waals surface area (Å²) in [5, 5.41) is 11.5. The minimum absolute atomic E-state index is 0.0784. The van der Waals surface area contributed by atoms with Crippen molar-refractivity contribution in [3.8, 4) is 12.3 Å². The van der Waals surface area contributed by atoms with Crippen molar-refractivity contribution in [2.24, 2.45) is 5.92 Å². The van der Waals surface area contributed by atoms with Gasteiger partial charge in [0.1, 0.15) is 5.82 Å². The molecule has 0 aliphatic heterocycles. The first-order valence-corrected chi connectivity index (χ1v) is 6.53. The molecule has 1 aromatic carbocycles. The molecular formula is C15H15FN2O3. The van der Waals surface area contributed by atoms with E-state index >= 15 is 0 Å². The first-order valence-electron chi connectivity index (χ1n) is 6.53. The van der Waals surface area contributed by atoms with Crippen molar-refractivity contribution in [1.29, 1.82) is 0 Å². The van der Waals surface area contributed by atoms with Gasteiger partial charge in [-0.3, -0.25) is 0 Å². The zero-order chi connectivity index (χ0) is 15.4. The highest BCUT2D eigenvalue weighted by Gasteiger charge is 2.27. The van der Waals surface area contributed by atoms with Crippen LogP contribution >= 0.6 is 0 Å². The Morgan fingerprint density at radius 1 is 1.48 bits per heavy atom. The molecule has 0 radical (unpaired) electrons. The van der Waals surface area contributed by atoms with Crippen LogP contribution in [-0.4, -0.2) is 35.1 Å². The van der Waals surface area contributed by atoms with Gasteiger partial charge in [0.15, 0.2) is 0 Å². The zero-order valence-electron chi connectivity index (χ0n) is 11.3. The fraction of sp³-hybridized carbons (Fsp3) is 0.333. The number of halogens is 1. The number of hydrogen-bond acceptors (Lipinski definition) is 2. The van der Waals surface area contributed by atoms with E-state index in [1.807, 2.05) is 0 Å². The molecule has 1 fully saturated rings. The van der Waals surface area contributed by atoms with E-state index in [-0.39, 0.29) is 17.8 Å². The summed E-state index contributed by atoms with van der Waals surface area (Å²) < 4.78 is 13.2. The lowest BCUT2D eigenvalue weighted by molar-refractivity contribution is 0.0698. The monoisotopic (exact) mass is 290 g/mol. The fourth-order valence-electron chi connectivity index (χ4n) is 1.94. The lowest BCUT2D eigenvalue weighted by Crippen LogP contribution is -2.37. The fourth-order valence-corrected chi connectivity index (χ4v) is 1.94. The molecule has 110 valence electrons. The molecule has 0 atom stereocenters. The quantitative estimate of drug-likeness (QED) is 0.818. The number of benzene rings is 1. The van der Waals surface area contributed by atoms with E-state index in [2.05, 4.69) is 11.2 Å². The Balaban J connectivity index is 2.15. The number of carbonyl (C=O) groups is 2. The Morgan fingerprint density at radius 2 is 2.19 bits per heavy atom. The number of carboxylic acid groups (broad SMARTS) is 1. The maximum Gasteiger partial charge on any atom is 0.337 e. The molecule has 2 rings (SSSR count). The van der Waals surface area contributed by atoms with Gasteiger partial charge in [0.25, 0.3) is 0 Å². The van der Waals surface area contributed by atoms with Gasteiger partial charge in [0.2, 0.25) is 0 Å². The number of hydrogen-bond donors (Lipinski definition) is 2. The van der Waals surface area contributed by atoms with Gasteiger partial charge in [-0.25, -0.2) is 14.0 Å². The van der Waals surface area contributed by atoms with Gasteiger partial charge in [-0.1, -0.05) is 5.92 Å². The molecule has 2 amide bonds. The Morgan fingerprint density at radius 3 is 2.76 bits per heavy atom. The molecule has 1 aliphatic rings. The van der Waals surface area contributed by atoms with Crippen LogP contribution in [0.1, 0.15) is 23.2 Å². The first kappa shape index (κ1) is 14.9. The van der Waals surface area contributed by atoms with E-state index in [1.54, 1.807) is 0 Å². The SMILES string of the molecule is C#CCN(CC1CC1)C(=O)Nc1cc(F)ccc1C(=O)O. The Hall–Kier alpha value is -2.55. The maximum atomic E-state index is 13.2. The van der Waals surface area contributed by atoms with Crippen molar-refractivity contribution in [2.45, 2.75) is 12.8 Å². The maximum absolute atomic E-state index is 13.2. The largest absolute Gasteiger partial charge is 0.478 e. The molecule has 21 heavy (non-hydrogen) atoms. The van der Waals surface area contributed by atoms with E-state index in [9.17, 15) is 14.0 Å². The third-order valence-electron chi connectivity index (χ3n) is 3.20. The van der Waals surface area contributed by atoms with E-state index in [0.717, 1.165) is 31.0 Å². The van der Waals surface area contributed by atoms with Crippen molar-refractivity contribution < 1.29 is 19.1 Å². The van der Waals surface area contributed by atoms with Gasteiger partial charge < -0.3 is 15.3 Å². The molecule has 0 heterocycles. The smallest absolute Gasteiger partial charge is 0.337 e. The number of amides is 2. The summed E-state index contributed by atoms with van der Waals surface area (Å²) >= 11 is 0. The molecule has 0 bridgehead atoms. The van der Waals surface area contributed by atoms with Crippen LogP contribution in [0.3, 0.4) is 0 Å². The van der Waals surface area contributed by atoms with Crippen LogP contribution in [0.15, 0.2) is 18.2 Å². The minimum atomic E-state index is -1.24. The Kier molecular flexibility index (Phi) is 4.43. The highest BCUT2D eigenvalue weighted by atomic mass is 19.1. The van der Waals surface area contributed by atoms with Gasteiger partial charge in [-0.15, -0.1) is 6.42 Å². The molecule has 6 heteroatoms. The summed E-state index contributed by atoms with van der Waals surface area (Å²) in [6, 6.07) is 2.60.